The van der Waals surface area contributed by atoms with Crippen LogP contribution in [0.15, 0.2) is 0 Å². The molecule has 15 heavy (non-hydrogen) atoms. The molecule has 2 N–H and O–H groups in total. The SMILES string of the molecule is CCC(CO)NC(=O)C1(C)CCCCC1. The molecule has 1 saturated carbocycles. The first-order chi connectivity index (χ1) is 7.12. The van der Waals surface area contributed by atoms with Crippen LogP contribution in [0.3, 0.4) is 0 Å². The number of amides is 1. The Morgan fingerprint density at radius 1 is 1.40 bits per heavy atom. The molecule has 1 amide bonds. The average molecular weight is 213 g/mol. The highest BCUT2D eigenvalue weighted by Gasteiger charge is 2.34. The third-order valence-corrected chi connectivity index (χ3v) is 3.55. The van der Waals surface area contributed by atoms with E-state index >= 15 is 0 Å². The van der Waals surface area contributed by atoms with Gasteiger partial charge in [-0.3, -0.25) is 4.79 Å². The van der Waals surface area contributed by atoms with E-state index < -0.39 is 0 Å². The number of hydrogen-bond acceptors (Lipinski definition) is 2. The Morgan fingerprint density at radius 3 is 2.47 bits per heavy atom. The summed E-state index contributed by atoms with van der Waals surface area (Å²) in [5.74, 6) is 0.128. The van der Waals surface area contributed by atoms with Crippen LogP contribution in [0.1, 0.15) is 52.4 Å². The molecule has 0 aromatic rings. The number of hydrogen-bond donors (Lipinski definition) is 2. The van der Waals surface area contributed by atoms with Gasteiger partial charge in [0.25, 0.3) is 0 Å². The van der Waals surface area contributed by atoms with Gasteiger partial charge in [0.1, 0.15) is 0 Å². The second kappa shape index (κ2) is 5.50. The second-order valence-corrected chi connectivity index (χ2v) is 4.88. The van der Waals surface area contributed by atoms with Gasteiger partial charge in [0.05, 0.1) is 12.6 Å². The molecular weight excluding hydrogens is 190 g/mol. The van der Waals surface area contributed by atoms with Crippen LogP contribution in [0.5, 0.6) is 0 Å². The van der Waals surface area contributed by atoms with E-state index in [9.17, 15) is 4.79 Å². The first-order valence-electron chi connectivity index (χ1n) is 6.04. The molecule has 0 heterocycles. The number of aliphatic hydroxyl groups excluding tert-OH is 1. The van der Waals surface area contributed by atoms with Gasteiger partial charge in [-0.2, -0.15) is 0 Å². The second-order valence-electron chi connectivity index (χ2n) is 4.88. The minimum Gasteiger partial charge on any atom is -0.394 e. The van der Waals surface area contributed by atoms with Gasteiger partial charge >= 0.3 is 0 Å². The van der Waals surface area contributed by atoms with Crippen molar-refractivity contribution in [3.63, 3.8) is 0 Å². The standard InChI is InChI=1S/C12H23NO2/c1-3-10(9-14)13-11(15)12(2)7-5-4-6-8-12/h10,14H,3-9H2,1-2H3,(H,13,15). The molecule has 0 aromatic carbocycles. The lowest BCUT2D eigenvalue weighted by Crippen LogP contribution is -2.46. The van der Waals surface area contributed by atoms with Crippen LogP contribution in [0, 0.1) is 5.41 Å². The Hall–Kier alpha value is -0.570. The van der Waals surface area contributed by atoms with E-state index in [1.54, 1.807) is 0 Å². The van der Waals surface area contributed by atoms with E-state index in [0.29, 0.717) is 0 Å². The van der Waals surface area contributed by atoms with E-state index in [2.05, 4.69) is 5.32 Å². The fraction of sp³-hybridized carbons (Fsp3) is 0.917. The fourth-order valence-corrected chi connectivity index (χ4v) is 2.20. The minimum absolute atomic E-state index is 0.0400. The molecule has 88 valence electrons. The molecule has 0 saturated heterocycles. The van der Waals surface area contributed by atoms with Gasteiger partial charge < -0.3 is 10.4 Å². The summed E-state index contributed by atoms with van der Waals surface area (Å²) in [7, 11) is 0. The quantitative estimate of drug-likeness (QED) is 0.748. The first kappa shape index (κ1) is 12.5. The van der Waals surface area contributed by atoms with Crippen molar-refractivity contribution in [1.82, 2.24) is 5.32 Å². The Labute approximate surface area is 92.3 Å². The van der Waals surface area contributed by atoms with Crippen LogP contribution in [0.2, 0.25) is 0 Å². The van der Waals surface area contributed by atoms with Crippen LogP contribution in [0.25, 0.3) is 0 Å². The fourth-order valence-electron chi connectivity index (χ4n) is 2.20. The van der Waals surface area contributed by atoms with E-state index in [1.807, 2.05) is 13.8 Å². The lowest BCUT2D eigenvalue weighted by Gasteiger charge is -2.33. The summed E-state index contributed by atoms with van der Waals surface area (Å²) in [5.41, 5.74) is -0.194. The van der Waals surface area contributed by atoms with Crippen LogP contribution < -0.4 is 5.32 Å². The topological polar surface area (TPSA) is 49.3 Å². The molecule has 3 heteroatoms. The van der Waals surface area contributed by atoms with Gasteiger partial charge in [0, 0.05) is 5.41 Å². The number of carbonyl (C=O) groups is 1. The Bertz CT molecular complexity index is 206. The zero-order valence-electron chi connectivity index (χ0n) is 9.88. The van der Waals surface area contributed by atoms with Crippen molar-refractivity contribution < 1.29 is 9.90 Å². The summed E-state index contributed by atoms with van der Waals surface area (Å²) in [6, 6.07) is -0.0729. The molecule has 1 fully saturated rings. The Morgan fingerprint density at radius 2 is 2.00 bits per heavy atom. The highest BCUT2D eigenvalue weighted by atomic mass is 16.3. The number of rotatable bonds is 4. The molecule has 1 aliphatic carbocycles. The molecule has 0 aromatic heterocycles. The summed E-state index contributed by atoms with van der Waals surface area (Å²) in [6.45, 7) is 4.06. The van der Waals surface area contributed by atoms with E-state index in [-0.39, 0.29) is 24.0 Å². The van der Waals surface area contributed by atoms with Crippen molar-refractivity contribution in [2.45, 2.75) is 58.4 Å². The molecule has 0 bridgehead atoms. The Kier molecular flexibility index (Phi) is 4.58. The highest BCUT2D eigenvalue weighted by molar-refractivity contribution is 5.82. The largest absolute Gasteiger partial charge is 0.394 e. The molecule has 0 aliphatic heterocycles. The van der Waals surface area contributed by atoms with Crippen molar-refractivity contribution >= 4 is 5.91 Å². The predicted molar refractivity (Wildman–Crippen MR) is 60.5 cm³/mol. The molecule has 1 rings (SSSR count). The molecular formula is C12H23NO2. The predicted octanol–water partition coefficient (Wildman–Crippen LogP) is 1.84. The molecule has 0 radical (unpaired) electrons. The van der Waals surface area contributed by atoms with Crippen molar-refractivity contribution in [3.8, 4) is 0 Å². The summed E-state index contributed by atoms with van der Waals surface area (Å²) in [5, 5.41) is 12.0. The summed E-state index contributed by atoms with van der Waals surface area (Å²) in [4.78, 5) is 12.0. The van der Waals surface area contributed by atoms with Gasteiger partial charge in [0.15, 0.2) is 0 Å². The molecule has 1 unspecified atom stereocenters. The van der Waals surface area contributed by atoms with Crippen molar-refractivity contribution in [2.24, 2.45) is 5.41 Å². The summed E-state index contributed by atoms with van der Waals surface area (Å²) >= 11 is 0. The van der Waals surface area contributed by atoms with Crippen molar-refractivity contribution in [1.29, 1.82) is 0 Å². The van der Waals surface area contributed by atoms with Crippen molar-refractivity contribution in [3.05, 3.63) is 0 Å². The van der Waals surface area contributed by atoms with Gasteiger partial charge in [0.2, 0.25) is 5.91 Å². The maximum atomic E-state index is 12.0. The van der Waals surface area contributed by atoms with Gasteiger partial charge in [-0.1, -0.05) is 33.1 Å². The van der Waals surface area contributed by atoms with Gasteiger partial charge in [-0.25, -0.2) is 0 Å². The number of aliphatic hydroxyl groups is 1. The smallest absolute Gasteiger partial charge is 0.226 e. The normalized spacial score (nSPS) is 22.1. The first-order valence-corrected chi connectivity index (χ1v) is 6.04. The van der Waals surface area contributed by atoms with Crippen molar-refractivity contribution in [2.75, 3.05) is 6.61 Å². The van der Waals surface area contributed by atoms with E-state index in [1.165, 1.54) is 6.42 Å². The van der Waals surface area contributed by atoms with E-state index in [0.717, 1.165) is 32.1 Å². The molecule has 1 aliphatic rings. The third-order valence-electron chi connectivity index (χ3n) is 3.55. The van der Waals surface area contributed by atoms with Crippen LogP contribution in [0.4, 0.5) is 0 Å². The summed E-state index contributed by atoms with van der Waals surface area (Å²) < 4.78 is 0. The Balaban J connectivity index is 2.50. The zero-order valence-corrected chi connectivity index (χ0v) is 9.88. The maximum Gasteiger partial charge on any atom is 0.226 e. The van der Waals surface area contributed by atoms with Crippen LogP contribution >= 0.6 is 0 Å². The monoisotopic (exact) mass is 213 g/mol. The molecule has 1 atom stereocenters. The van der Waals surface area contributed by atoms with E-state index in [4.69, 9.17) is 5.11 Å². The number of nitrogens with one attached hydrogen (secondary N) is 1. The average Bonchev–Trinajstić information content (AvgIpc) is 2.26. The van der Waals surface area contributed by atoms with Crippen LogP contribution in [-0.4, -0.2) is 23.7 Å². The lowest BCUT2D eigenvalue weighted by atomic mass is 9.75. The molecule has 3 nitrogen and oxygen atoms in total. The van der Waals surface area contributed by atoms with Gasteiger partial charge in [-0.05, 0) is 19.3 Å². The van der Waals surface area contributed by atoms with Gasteiger partial charge in [-0.15, -0.1) is 0 Å². The zero-order chi connectivity index (χ0) is 11.3. The summed E-state index contributed by atoms with van der Waals surface area (Å²) in [6.07, 6.45) is 6.32. The maximum absolute atomic E-state index is 12.0. The number of carbonyl (C=O) groups excluding carboxylic acids is 1. The lowest BCUT2D eigenvalue weighted by molar-refractivity contribution is -0.133. The minimum atomic E-state index is -0.194. The third kappa shape index (κ3) is 3.20. The molecule has 0 spiro atoms. The van der Waals surface area contributed by atoms with Crippen LogP contribution in [-0.2, 0) is 4.79 Å². The highest BCUT2D eigenvalue weighted by Crippen LogP contribution is 2.35.